The first-order valence-electron chi connectivity index (χ1n) is 6.64. The number of nitrogens with zero attached hydrogens (tertiary/aromatic N) is 2. The molecule has 0 unspecified atom stereocenters. The number of nitrogens with one attached hydrogen (secondary N) is 2. The Balaban J connectivity index is 0.00000264. The molecular formula is C15H17ClN4O3. The van der Waals surface area contributed by atoms with Gasteiger partial charge in [-0.1, -0.05) is 18.2 Å². The highest BCUT2D eigenvalue weighted by molar-refractivity contribution is 5.90. The zero-order valence-electron chi connectivity index (χ0n) is 12.2. The van der Waals surface area contributed by atoms with Crippen molar-refractivity contribution >= 4 is 30.2 Å². The van der Waals surface area contributed by atoms with Gasteiger partial charge in [0.1, 0.15) is 18.2 Å². The van der Waals surface area contributed by atoms with Crippen LogP contribution in [0.3, 0.4) is 0 Å². The Hall–Kier alpha value is -2.64. The highest BCUT2D eigenvalue weighted by Gasteiger charge is 1.97. The molecule has 1 amide bonds. The summed E-state index contributed by atoms with van der Waals surface area (Å²) in [6, 6.07) is 9.54. The average Bonchev–Trinajstić information content (AvgIpc) is 2.58. The summed E-state index contributed by atoms with van der Waals surface area (Å²) in [5, 5.41) is 11.4. The Morgan fingerprint density at radius 3 is 2.65 bits per heavy atom. The Morgan fingerprint density at radius 1 is 1.22 bits per heavy atom. The number of hydrogen-bond donors (Lipinski definition) is 3. The molecular weight excluding hydrogens is 320 g/mol. The number of hydroxylamine groups is 1. The molecule has 0 atom stereocenters. The van der Waals surface area contributed by atoms with E-state index in [-0.39, 0.29) is 12.4 Å². The zero-order valence-corrected chi connectivity index (χ0v) is 13.0. The van der Waals surface area contributed by atoms with Gasteiger partial charge in [0, 0.05) is 6.08 Å². The SMILES string of the molecule is Cl.O=C(/C=C/c1cnc(NCCOc2ccccc2)cn1)NO. The fourth-order valence-electron chi connectivity index (χ4n) is 1.58. The number of amides is 1. The Bertz CT molecular complexity index is 620. The molecule has 2 aromatic rings. The minimum atomic E-state index is -0.623. The Labute approximate surface area is 139 Å². The molecule has 0 aliphatic rings. The van der Waals surface area contributed by atoms with E-state index in [1.807, 2.05) is 30.3 Å². The molecule has 1 heterocycles. The minimum absolute atomic E-state index is 0. The van der Waals surface area contributed by atoms with Crippen LogP contribution in [0.2, 0.25) is 0 Å². The van der Waals surface area contributed by atoms with Crippen molar-refractivity contribution in [3.8, 4) is 5.75 Å². The molecule has 122 valence electrons. The largest absolute Gasteiger partial charge is 0.492 e. The molecule has 0 aliphatic carbocycles. The fraction of sp³-hybridized carbons (Fsp3) is 0.133. The molecule has 0 saturated carbocycles. The first-order valence-corrected chi connectivity index (χ1v) is 6.64. The van der Waals surface area contributed by atoms with Gasteiger partial charge in [0.05, 0.1) is 24.6 Å². The van der Waals surface area contributed by atoms with Gasteiger partial charge in [-0.3, -0.25) is 15.0 Å². The molecule has 0 aliphatic heterocycles. The molecule has 0 saturated heterocycles. The van der Waals surface area contributed by atoms with Gasteiger partial charge in [0.25, 0.3) is 5.91 Å². The lowest BCUT2D eigenvalue weighted by molar-refractivity contribution is -0.124. The number of benzene rings is 1. The van der Waals surface area contributed by atoms with Gasteiger partial charge in [0.2, 0.25) is 0 Å². The van der Waals surface area contributed by atoms with Gasteiger partial charge in [-0.15, -0.1) is 12.4 Å². The van der Waals surface area contributed by atoms with Crippen LogP contribution in [0.5, 0.6) is 5.75 Å². The van der Waals surface area contributed by atoms with Gasteiger partial charge in [-0.05, 0) is 18.2 Å². The third-order valence-corrected chi connectivity index (χ3v) is 2.61. The number of ether oxygens (including phenoxy) is 1. The van der Waals surface area contributed by atoms with Crippen LogP contribution in [0.4, 0.5) is 5.82 Å². The predicted octanol–water partition coefficient (Wildman–Crippen LogP) is 1.91. The summed E-state index contributed by atoms with van der Waals surface area (Å²) < 4.78 is 5.54. The average molecular weight is 337 g/mol. The van der Waals surface area contributed by atoms with Crippen molar-refractivity contribution in [1.82, 2.24) is 15.4 Å². The fourth-order valence-corrected chi connectivity index (χ4v) is 1.58. The van der Waals surface area contributed by atoms with E-state index in [4.69, 9.17) is 9.94 Å². The second-order valence-corrected chi connectivity index (χ2v) is 4.22. The number of hydrogen-bond acceptors (Lipinski definition) is 6. The molecule has 7 nitrogen and oxygen atoms in total. The van der Waals surface area contributed by atoms with Crippen LogP contribution in [0.15, 0.2) is 48.8 Å². The zero-order chi connectivity index (χ0) is 15.6. The smallest absolute Gasteiger partial charge is 0.267 e. The van der Waals surface area contributed by atoms with Crippen LogP contribution >= 0.6 is 12.4 Å². The van der Waals surface area contributed by atoms with Crippen LogP contribution in [0.1, 0.15) is 5.69 Å². The summed E-state index contributed by atoms with van der Waals surface area (Å²) in [5.74, 6) is 0.806. The predicted molar refractivity (Wildman–Crippen MR) is 88.7 cm³/mol. The topological polar surface area (TPSA) is 96.4 Å². The van der Waals surface area contributed by atoms with Crippen LogP contribution in [0, 0.1) is 0 Å². The summed E-state index contributed by atoms with van der Waals surface area (Å²) in [6.45, 7) is 1.09. The number of carbonyl (C=O) groups is 1. The monoisotopic (exact) mass is 336 g/mol. The molecule has 3 N–H and O–H groups in total. The van der Waals surface area contributed by atoms with Crippen molar-refractivity contribution in [3.63, 3.8) is 0 Å². The molecule has 1 aromatic heterocycles. The Morgan fingerprint density at radius 2 is 2.00 bits per heavy atom. The maximum atomic E-state index is 10.8. The van der Waals surface area contributed by atoms with E-state index in [1.54, 1.807) is 6.20 Å². The van der Waals surface area contributed by atoms with Crippen LogP contribution in [-0.4, -0.2) is 34.2 Å². The van der Waals surface area contributed by atoms with Gasteiger partial charge in [-0.25, -0.2) is 10.5 Å². The second-order valence-electron chi connectivity index (χ2n) is 4.22. The normalized spacial score (nSPS) is 9.96. The first kappa shape index (κ1) is 18.4. The molecule has 0 fully saturated rings. The van der Waals surface area contributed by atoms with Crippen LogP contribution in [0.25, 0.3) is 6.08 Å². The third-order valence-electron chi connectivity index (χ3n) is 2.61. The summed E-state index contributed by atoms with van der Waals surface area (Å²) in [7, 11) is 0. The highest BCUT2D eigenvalue weighted by atomic mass is 35.5. The molecule has 2 rings (SSSR count). The summed E-state index contributed by atoms with van der Waals surface area (Å²) in [6.07, 6.45) is 5.67. The van der Waals surface area contributed by atoms with E-state index < -0.39 is 5.91 Å². The van der Waals surface area contributed by atoms with Gasteiger partial charge >= 0.3 is 0 Å². The number of aromatic nitrogens is 2. The minimum Gasteiger partial charge on any atom is -0.492 e. The van der Waals surface area contributed by atoms with Gasteiger partial charge in [0.15, 0.2) is 0 Å². The molecule has 1 aromatic carbocycles. The quantitative estimate of drug-likeness (QED) is 0.309. The van der Waals surface area contributed by atoms with Crippen molar-refractivity contribution < 1.29 is 14.7 Å². The van der Waals surface area contributed by atoms with Gasteiger partial charge < -0.3 is 10.1 Å². The van der Waals surface area contributed by atoms with Crippen LogP contribution in [-0.2, 0) is 4.79 Å². The standard InChI is InChI=1S/C15H16N4O3.ClH/c20-15(19-21)7-6-12-10-18-14(11-17-12)16-8-9-22-13-4-2-1-3-5-13;/h1-7,10-11,21H,8-9H2,(H,16,18)(H,19,20);1H/b7-6+;. The highest BCUT2D eigenvalue weighted by Crippen LogP contribution is 2.08. The van der Waals surface area contributed by atoms with E-state index in [1.165, 1.54) is 17.8 Å². The van der Waals surface area contributed by atoms with Crippen molar-refractivity contribution in [2.24, 2.45) is 0 Å². The van der Waals surface area contributed by atoms with Gasteiger partial charge in [-0.2, -0.15) is 0 Å². The van der Waals surface area contributed by atoms with E-state index in [2.05, 4.69) is 15.3 Å². The maximum Gasteiger partial charge on any atom is 0.267 e. The summed E-state index contributed by atoms with van der Waals surface area (Å²) in [5.41, 5.74) is 2.00. The molecule has 0 bridgehead atoms. The maximum absolute atomic E-state index is 10.8. The first-order chi connectivity index (χ1) is 10.8. The molecule has 23 heavy (non-hydrogen) atoms. The lowest BCUT2D eigenvalue weighted by Gasteiger charge is -2.07. The number of rotatable bonds is 7. The summed E-state index contributed by atoms with van der Waals surface area (Å²) in [4.78, 5) is 19.1. The van der Waals surface area contributed by atoms with Crippen molar-refractivity contribution in [1.29, 1.82) is 0 Å². The Kier molecular flexibility index (Phi) is 8.12. The van der Waals surface area contributed by atoms with Crippen molar-refractivity contribution in [3.05, 3.63) is 54.5 Å². The number of para-hydroxylation sites is 1. The van der Waals surface area contributed by atoms with Crippen molar-refractivity contribution in [2.75, 3.05) is 18.5 Å². The molecule has 8 heteroatoms. The number of anilines is 1. The molecule has 0 spiro atoms. The van der Waals surface area contributed by atoms with Crippen molar-refractivity contribution in [2.45, 2.75) is 0 Å². The van der Waals surface area contributed by atoms with E-state index >= 15 is 0 Å². The lowest BCUT2D eigenvalue weighted by atomic mass is 10.3. The van der Waals surface area contributed by atoms with E-state index in [0.29, 0.717) is 24.7 Å². The lowest BCUT2D eigenvalue weighted by Crippen LogP contribution is -2.15. The molecule has 0 radical (unpaired) electrons. The number of halogens is 1. The number of carbonyl (C=O) groups excluding carboxylic acids is 1. The summed E-state index contributed by atoms with van der Waals surface area (Å²) >= 11 is 0. The van der Waals surface area contributed by atoms with E-state index in [0.717, 1.165) is 11.8 Å². The second kappa shape index (κ2) is 10.1. The third kappa shape index (κ3) is 6.77. The van der Waals surface area contributed by atoms with E-state index in [9.17, 15) is 4.79 Å². The van der Waals surface area contributed by atoms with Crippen LogP contribution < -0.4 is 15.5 Å².